The number of nitrogens with zero attached hydrogens (tertiary/aromatic N) is 2. The summed E-state index contributed by atoms with van der Waals surface area (Å²) in [6, 6.07) is 26.5. The van der Waals surface area contributed by atoms with E-state index in [1.807, 2.05) is 0 Å². The zero-order valence-corrected chi connectivity index (χ0v) is 29.0. The van der Waals surface area contributed by atoms with Crippen LogP contribution in [-0.4, -0.2) is 31.9 Å². The van der Waals surface area contributed by atoms with Gasteiger partial charge in [-0.3, -0.25) is 12.9 Å². The van der Waals surface area contributed by atoms with E-state index >= 15 is 0 Å². The number of hydrogen-bond acceptors (Lipinski definition) is 1. The minimum Gasteiger partial charge on any atom is -1.00 e. The van der Waals surface area contributed by atoms with Crippen molar-refractivity contribution in [3.05, 3.63) is 130 Å². The molecule has 1 aliphatic carbocycles. The summed E-state index contributed by atoms with van der Waals surface area (Å²) >= 11 is 7.16. The molecule has 8 heteroatoms. The molecule has 0 saturated heterocycles. The van der Waals surface area contributed by atoms with E-state index in [2.05, 4.69) is 148 Å². The van der Waals surface area contributed by atoms with Crippen LogP contribution >= 0.6 is 11.6 Å². The van der Waals surface area contributed by atoms with Gasteiger partial charge in [-0.15, -0.1) is 0 Å². The van der Waals surface area contributed by atoms with E-state index in [-0.39, 0.29) is 15.5 Å². The van der Waals surface area contributed by atoms with Gasteiger partial charge in [0, 0.05) is 46.6 Å². The van der Waals surface area contributed by atoms with Crippen LogP contribution in [0.5, 0.6) is 0 Å². The molecule has 0 amide bonds. The average molecular weight is 671 g/mol. The molecule has 0 aromatic heterocycles. The summed E-state index contributed by atoms with van der Waals surface area (Å²) in [5.41, 5.74) is 10.2. The van der Waals surface area contributed by atoms with Crippen LogP contribution in [-0.2, 0) is 10.8 Å². The summed E-state index contributed by atoms with van der Waals surface area (Å²) in [6.45, 7) is 9.38. The Morgan fingerprint density at radius 2 is 1.35 bits per heavy atom. The van der Waals surface area contributed by atoms with Gasteiger partial charge in [0.25, 0.3) is 0 Å². The van der Waals surface area contributed by atoms with Crippen LogP contribution in [0, 0.1) is 0 Å². The standard InChI is InChI=1S/C40H40ClN2.BF3.FH/c1-39(2)34(42(5)32-22-18-26-12-7-9-16-30(26)36(32)39)24-20-28-14-11-15-29(38(28)41)21-25-35-40(3,4)37-31-17-10-8-13-27(31)19-23-33(37)43(35)6;2-1(3)4;/h7-10,12-13,16-25H,11,14-15H2,1-6H3;;1H/q+1;;/p-1. The topological polar surface area (TPSA) is 6.25 Å². The van der Waals surface area contributed by atoms with Crippen LogP contribution < -0.4 is 9.60 Å². The molecule has 2 aliphatic heterocycles. The van der Waals surface area contributed by atoms with Crippen LogP contribution in [0.2, 0.25) is 0 Å². The Morgan fingerprint density at radius 3 is 2.00 bits per heavy atom. The monoisotopic (exact) mass is 670 g/mol. The minimum atomic E-state index is -3.67. The van der Waals surface area contributed by atoms with Crippen LogP contribution in [0.1, 0.15) is 58.1 Å². The van der Waals surface area contributed by atoms with Crippen molar-refractivity contribution < 1.29 is 22.2 Å². The van der Waals surface area contributed by atoms with E-state index in [1.54, 1.807) is 0 Å². The maximum absolute atomic E-state index is 9.67. The van der Waals surface area contributed by atoms with Gasteiger partial charge in [0.05, 0.1) is 5.41 Å². The van der Waals surface area contributed by atoms with E-state index in [1.165, 1.54) is 66.6 Å². The molecule has 48 heavy (non-hydrogen) atoms. The molecule has 0 spiro atoms. The number of anilines is 1. The summed E-state index contributed by atoms with van der Waals surface area (Å²) in [6.07, 6.45) is 12.3. The molecule has 0 fully saturated rings. The third kappa shape index (κ3) is 6.02. The van der Waals surface area contributed by atoms with Gasteiger partial charge in [-0.2, -0.15) is 4.58 Å². The second-order valence-corrected chi connectivity index (χ2v) is 14.0. The Balaban J connectivity index is 0.000000855. The fourth-order valence-electron chi connectivity index (χ4n) is 7.95. The molecule has 4 aromatic carbocycles. The highest BCUT2D eigenvalue weighted by molar-refractivity contribution is 6.33. The molecule has 2 heterocycles. The second kappa shape index (κ2) is 13.4. The Morgan fingerprint density at radius 1 is 0.771 bits per heavy atom. The summed E-state index contributed by atoms with van der Waals surface area (Å²) in [5.74, 6) is 0. The predicted molar refractivity (Wildman–Crippen MR) is 194 cm³/mol. The molecule has 3 aliphatic rings. The first kappa shape index (κ1) is 35.2. The highest BCUT2D eigenvalue weighted by Gasteiger charge is 2.44. The fourth-order valence-corrected chi connectivity index (χ4v) is 8.27. The molecule has 2 nitrogen and oxygen atoms in total. The van der Waals surface area contributed by atoms with Crippen LogP contribution in [0.25, 0.3) is 21.5 Å². The minimum absolute atomic E-state index is 0. The maximum atomic E-state index is 9.67. The van der Waals surface area contributed by atoms with Crippen molar-refractivity contribution in [2.75, 3.05) is 19.0 Å². The first-order valence-electron chi connectivity index (χ1n) is 16.1. The maximum Gasteiger partial charge on any atom is 0.762 e. The molecule has 4 aromatic rings. The lowest BCUT2D eigenvalue weighted by Crippen LogP contribution is -3.00. The Bertz CT molecular complexity index is 2050. The zero-order valence-electron chi connectivity index (χ0n) is 28.2. The van der Waals surface area contributed by atoms with E-state index in [9.17, 15) is 12.9 Å². The van der Waals surface area contributed by atoms with Crippen molar-refractivity contribution in [2.24, 2.45) is 0 Å². The molecular weight excluding hydrogens is 631 g/mol. The summed E-state index contributed by atoms with van der Waals surface area (Å²) < 4.78 is 31.4. The Kier molecular flexibility index (Phi) is 9.85. The van der Waals surface area contributed by atoms with Gasteiger partial charge in [0.2, 0.25) is 5.69 Å². The first-order valence-corrected chi connectivity index (χ1v) is 16.5. The molecule has 0 atom stereocenters. The van der Waals surface area contributed by atoms with Crippen molar-refractivity contribution in [3.63, 3.8) is 0 Å². The number of hydrogen-bond donors (Lipinski definition) is 0. The van der Waals surface area contributed by atoms with Gasteiger partial charge in [-0.25, -0.2) is 0 Å². The highest BCUT2D eigenvalue weighted by Crippen LogP contribution is 2.50. The molecule has 0 unspecified atom stereocenters. The van der Waals surface area contributed by atoms with Crippen molar-refractivity contribution in [2.45, 2.75) is 57.8 Å². The molecule has 248 valence electrons. The first-order chi connectivity index (χ1) is 22.3. The predicted octanol–water partition coefficient (Wildman–Crippen LogP) is 8.35. The molecule has 0 bridgehead atoms. The lowest BCUT2D eigenvalue weighted by atomic mass is 9.79. The molecule has 7 rings (SSSR count). The van der Waals surface area contributed by atoms with Gasteiger partial charge in [-0.05, 0) is 89.6 Å². The van der Waals surface area contributed by atoms with Crippen molar-refractivity contribution in [1.82, 2.24) is 0 Å². The lowest BCUT2D eigenvalue weighted by molar-refractivity contribution is -0.401. The van der Waals surface area contributed by atoms with E-state index in [0.717, 1.165) is 24.3 Å². The second-order valence-electron chi connectivity index (χ2n) is 13.6. The third-order valence-corrected chi connectivity index (χ3v) is 10.6. The molecular formula is C40H40BClF4N2. The SMILES string of the molecule is CN1C(=CC=C2CCCC(C=CC3=[N+](C)c4ccc5ccccc5c4C3(C)C)=C2Cl)C(C)(C)c2c1ccc1ccccc21.FB(F)F.[F-]. The average Bonchev–Trinajstić information content (AvgIpc) is 3.36. The molecule has 0 radical (unpaired) electrons. The van der Waals surface area contributed by atoms with Gasteiger partial charge >= 0.3 is 7.54 Å². The lowest BCUT2D eigenvalue weighted by Gasteiger charge is -2.25. The van der Waals surface area contributed by atoms with E-state index in [0.29, 0.717) is 0 Å². The van der Waals surface area contributed by atoms with Crippen molar-refractivity contribution in [1.29, 1.82) is 0 Å². The number of allylic oxidation sites excluding steroid dienone is 8. The Labute approximate surface area is 286 Å². The zero-order chi connectivity index (χ0) is 33.7. The number of benzene rings is 4. The van der Waals surface area contributed by atoms with Gasteiger partial charge in [0.1, 0.15) is 7.05 Å². The van der Waals surface area contributed by atoms with Crippen LogP contribution in [0.15, 0.2) is 119 Å². The van der Waals surface area contributed by atoms with E-state index in [4.69, 9.17) is 11.6 Å². The van der Waals surface area contributed by atoms with Gasteiger partial charge in [0.15, 0.2) is 5.71 Å². The summed E-state index contributed by atoms with van der Waals surface area (Å²) in [7, 11) is 0.717. The largest absolute Gasteiger partial charge is 1.00 e. The number of fused-ring (bicyclic) bond motifs is 6. The van der Waals surface area contributed by atoms with Crippen molar-refractivity contribution >= 4 is 57.8 Å². The van der Waals surface area contributed by atoms with Gasteiger partial charge in [-0.1, -0.05) is 92.2 Å². The fraction of sp³-hybridized carbons (Fsp3) is 0.275. The highest BCUT2D eigenvalue weighted by atomic mass is 35.5. The quantitative estimate of drug-likeness (QED) is 0.121. The molecule has 0 N–H and O–H groups in total. The van der Waals surface area contributed by atoms with E-state index < -0.39 is 7.54 Å². The number of likely N-dealkylation sites (N-methyl/N-ethyl adjacent to an activating group) is 1. The number of halogens is 5. The molecule has 0 saturated carbocycles. The summed E-state index contributed by atoms with van der Waals surface area (Å²) in [5, 5.41) is 6.17. The van der Waals surface area contributed by atoms with Crippen LogP contribution in [0.3, 0.4) is 0 Å². The normalized spacial score (nSPS) is 19.6. The Hall–Kier alpha value is -4.10. The van der Waals surface area contributed by atoms with Gasteiger partial charge < -0.3 is 9.60 Å². The summed E-state index contributed by atoms with van der Waals surface area (Å²) in [4.78, 5) is 2.36. The number of rotatable bonds is 3. The van der Waals surface area contributed by atoms with Crippen molar-refractivity contribution in [3.8, 4) is 0 Å². The van der Waals surface area contributed by atoms with Crippen LogP contribution in [0.4, 0.5) is 24.3 Å². The smallest absolute Gasteiger partial charge is 0.762 e. The third-order valence-electron chi connectivity index (χ3n) is 10.1.